The van der Waals surface area contributed by atoms with E-state index >= 15 is 0 Å². The molecule has 0 radical (unpaired) electrons. The Bertz CT molecular complexity index is 697. The van der Waals surface area contributed by atoms with Gasteiger partial charge in [0.2, 0.25) is 0 Å². The molecule has 4 rings (SSSR count). The maximum Gasteiger partial charge on any atom is 0.253 e. The summed E-state index contributed by atoms with van der Waals surface area (Å²) in [7, 11) is 6.11. The molecule has 0 bridgehead atoms. The van der Waals surface area contributed by atoms with Crippen LogP contribution in [-0.2, 0) is 11.3 Å². The first-order chi connectivity index (χ1) is 14.5. The Morgan fingerprint density at radius 2 is 1.63 bits per heavy atom. The number of hydrogen-bond donors (Lipinski definition) is 0. The third-order valence-electron chi connectivity index (χ3n) is 7.64. The maximum absolute atomic E-state index is 13.2. The number of likely N-dealkylation sites (tertiary alicyclic amines) is 2. The van der Waals surface area contributed by atoms with E-state index in [1.807, 2.05) is 19.2 Å². The highest BCUT2D eigenvalue weighted by molar-refractivity contribution is 5.94. The zero-order chi connectivity index (χ0) is 21.1. The van der Waals surface area contributed by atoms with Gasteiger partial charge < -0.3 is 14.5 Å². The number of carbonyl (C=O) groups is 1. The van der Waals surface area contributed by atoms with Gasteiger partial charge in [-0.2, -0.15) is 0 Å². The van der Waals surface area contributed by atoms with Crippen molar-refractivity contribution >= 4 is 5.91 Å². The van der Waals surface area contributed by atoms with Crippen LogP contribution in [0.3, 0.4) is 0 Å². The highest BCUT2D eigenvalue weighted by Crippen LogP contribution is 2.39. The summed E-state index contributed by atoms with van der Waals surface area (Å²) in [4.78, 5) is 20.1. The summed E-state index contributed by atoms with van der Waals surface area (Å²) in [5.41, 5.74) is 2.15. The first-order valence-corrected chi connectivity index (χ1v) is 11.8. The molecule has 1 aromatic rings. The molecule has 1 amide bonds. The molecule has 2 aliphatic heterocycles. The van der Waals surface area contributed by atoms with E-state index in [-0.39, 0.29) is 12.0 Å². The van der Waals surface area contributed by atoms with E-state index in [9.17, 15) is 4.79 Å². The molecule has 0 unspecified atom stereocenters. The molecule has 0 spiro atoms. The number of carbonyl (C=O) groups excluding carboxylic acids is 1. The van der Waals surface area contributed by atoms with Gasteiger partial charge in [-0.25, -0.2) is 0 Å². The molecule has 0 N–H and O–H groups in total. The van der Waals surface area contributed by atoms with Gasteiger partial charge in [-0.3, -0.25) is 9.69 Å². The molecule has 0 aromatic heterocycles. The molecular weight excluding hydrogens is 374 g/mol. The lowest BCUT2D eigenvalue weighted by Gasteiger charge is -2.40. The van der Waals surface area contributed by atoms with Crippen molar-refractivity contribution in [1.82, 2.24) is 14.7 Å². The molecule has 166 valence electrons. The second-order valence-electron chi connectivity index (χ2n) is 9.89. The first kappa shape index (κ1) is 21.8. The standard InChI is InChI=1S/C25H39N3O2/c1-26(2)23-14-21-17-28(18-22(21)15-24(23)30-3)25(29)20-10-8-19(9-11-20)16-27-12-6-4-5-7-13-27/h8-11,21-24H,4-7,12-18H2,1-3H3/t21-,22+,23-,24-/m1/s1. The van der Waals surface area contributed by atoms with Crippen LogP contribution < -0.4 is 0 Å². The smallest absolute Gasteiger partial charge is 0.253 e. The predicted octanol–water partition coefficient (Wildman–Crippen LogP) is 3.49. The lowest BCUT2D eigenvalue weighted by molar-refractivity contribution is -0.0209. The van der Waals surface area contributed by atoms with Gasteiger partial charge in [0.05, 0.1) is 6.10 Å². The van der Waals surface area contributed by atoms with Crippen LogP contribution in [0.4, 0.5) is 0 Å². The van der Waals surface area contributed by atoms with Gasteiger partial charge in [-0.05, 0) is 82.4 Å². The normalized spacial score (nSPS) is 30.3. The lowest BCUT2D eigenvalue weighted by atomic mass is 9.77. The number of nitrogens with zero attached hydrogens (tertiary/aromatic N) is 3. The van der Waals surface area contributed by atoms with Crippen LogP contribution in [0.25, 0.3) is 0 Å². The number of amides is 1. The Balaban J connectivity index is 1.35. The largest absolute Gasteiger partial charge is 0.380 e. The van der Waals surface area contributed by atoms with Gasteiger partial charge >= 0.3 is 0 Å². The van der Waals surface area contributed by atoms with E-state index in [4.69, 9.17) is 4.74 Å². The predicted molar refractivity (Wildman–Crippen MR) is 121 cm³/mol. The SMILES string of the molecule is CO[C@@H]1C[C@H]2CN(C(=O)c3ccc(CN4CCCCCC4)cc3)C[C@H]2C[C@H]1N(C)C. The van der Waals surface area contributed by atoms with Crippen molar-refractivity contribution in [2.24, 2.45) is 11.8 Å². The van der Waals surface area contributed by atoms with E-state index in [1.54, 1.807) is 0 Å². The fourth-order valence-corrected chi connectivity index (χ4v) is 5.84. The summed E-state index contributed by atoms with van der Waals surface area (Å²) < 4.78 is 5.79. The van der Waals surface area contributed by atoms with E-state index in [1.165, 1.54) is 44.3 Å². The van der Waals surface area contributed by atoms with Gasteiger partial charge in [0.25, 0.3) is 5.91 Å². The third-order valence-corrected chi connectivity index (χ3v) is 7.64. The summed E-state index contributed by atoms with van der Waals surface area (Å²) in [6.45, 7) is 5.17. The third kappa shape index (κ3) is 4.90. The number of hydrogen-bond acceptors (Lipinski definition) is 4. The second-order valence-corrected chi connectivity index (χ2v) is 9.89. The van der Waals surface area contributed by atoms with E-state index in [0.717, 1.165) is 38.0 Å². The van der Waals surface area contributed by atoms with Crippen molar-refractivity contribution < 1.29 is 9.53 Å². The highest BCUT2D eigenvalue weighted by atomic mass is 16.5. The monoisotopic (exact) mass is 413 g/mol. The highest BCUT2D eigenvalue weighted by Gasteiger charge is 2.44. The molecule has 1 aromatic carbocycles. The van der Waals surface area contributed by atoms with Crippen molar-refractivity contribution in [3.63, 3.8) is 0 Å². The van der Waals surface area contributed by atoms with Crippen LogP contribution in [0.2, 0.25) is 0 Å². The van der Waals surface area contributed by atoms with Gasteiger partial charge in [0.15, 0.2) is 0 Å². The molecule has 3 aliphatic rings. The minimum absolute atomic E-state index is 0.195. The summed E-state index contributed by atoms with van der Waals surface area (Å²) in [5, 5.41) is 0. The first-order valence-electron chi connectivity index (χ1n) is 11.8. The van der Waals surface area contributed by atoms with Crippen molar-refractivity contribution in [2.45, 2.75) is 57.2 Å². The van der Waals surface area contributed by atoms with Crippen LogP contribution in [0.5, 0.6) is 0 Å². The quantitative estimate of drug-likeness (QED) is 0.740. The summed E-state index contributed by atoms with van der Waals surface area (Å²) in [6.07, 6.45) is 7.80. The van der Waals surface area contributed by atoms with Crippen LogP contribution in [0.1, 0.15) is 54.4 Å². The molecule has 4 atom stereocenters. The summed E-state index contributed by atoms with van der Waals surface area (Å²) in [6, 6.07) is 8.84. The minimum atomic E-state index is 0.195. The topological polar surface area (TPSA) is 36.0 Å². The summed E-state index contributed by atoms with van der Waals surface area (Å²) in [5.74, 6) is 1.36. The van der Waals surface area contributed by atoms with Crippen molar-refractivity contribution in [2.75, 3.05) is 47.4 Å². The average Bonchev–Trinajstić information content (AvgIpc) is 3.00. The molecule has 2 heterocycles. The fraction of sp³-hybridized carbons (Fsp3) is 0.720. The van der Waals surface area contributed by atoms with Gasteiger partial charge in [-0.15, -0.1) is 0 Å². The molecule has 2 saturated heterocycles. The molecular formula is C25H39N3O2. The number of methoxy groups -OCH3 is 1. The number of ether oxygens (including phenoxy) is 1. The van der Waals surface area contributed by atoms with E-state index in [2.05, 4.69) is 40.9 Å². The van der Waals surface area contributed by atoms with Crippen LogP contribution in [0.15, 0.2) is 24.3 Å². The molecule has 30 heavy (non-hydrogen) atoms. The van der Waals surface area contributed by atoms with E-state index in [0.29, 0.717) is 17.9 Å². The van der Waals surface area contributed by atoms with Crippen molar-refractivity contribution in [1.29, 1.82) is 0 Å². The molecule has 1 saturated carbocycles. The Morgan fingerprint density at radius 1 is 1.00 bits per heavy atom. The average molecular weight is 414 g/mol. The Hall–Kier alpha value is -1.43. The van der Waals surface area contributed by atoms with Crippen molar-refractivity contribution in [3.05, 3.63) is 35.4 Å². The molecule has 1 aliphatic carbocycles. The Labute approximate surface area is 182 Å². The molecule has 3 fully saturated rings. The van der Waals surface area contributed by atoms with Crippen LogP contribution in [0, 0.1) is 11.8 Å². The van der Waals surface area contributed by atoms with Crippen molar-refractivity contribution in [3.8, 4) is 0 Å². The Kier molecular flexibility index (Phi) is 7.12. The Morgan fingerprint density at radius 3 is 2.23 bits per heavy atom. The van der Waals surface area contributed by atoms with Gasteiger partial charge in [0, 0.05) is 38.3 Å². The number of fused-ring (bicyclic) bond motifs is 1. The zero-order valence-electron chi connectivity index (χ0n) is 19.1. The lowest BCUT2D eigenvalue weighted by Crippen LogP contribution is -2.47. The van der Waals surface area contributed by atoms with Gasteiger partial charge in [-0.1, -0.05) is 25.0 Å². The summed E-state index contributed by atoms with van der Waals surface area (Å²) >= 11 is 0. The van der Waals surface area contributed by atoms with Crippen LogP contribution in [-0.4, -0.2) is 80.1 Å². The minimum Gasteiger partial charge on any atom is -0.380 e. The fourth-order valence-electron chi connectivity index (χ4n) is 5.84. The van der Waals surface area contributed by atoms with Crippen LogP contribution >= 0.6 is 0 Å². The number of benzene rings is 1. The zero-order valence-corrected chi connectivity index (χ0v) is 19.1. The molecule has 5 heteroatoms. The molecule has 5 nitrogen and oxygen atoms in total. The number of likely N-dealkylation sites (N-methyl/N-ethyl adjacent to an activating group) is 1. The maximum atomic E-state index is 13.2. The van der Waals surface area contributed by atoms with E-state index < -0.39 is 0 Å². The number of rotatable bonds is 5. The van der Waals surface area contributed by atoms with Gasteiger partial charge in [0.1, 0.15) is 0 Å². The second kappa shape index (κ2) is 9.80.